The molecule has 0 amide bonds. The number of allylic oxidation sites excluding steroid dienone is 2. The third-order valence-electron chi connectivity index (χ3n) is 8.93. The maximum Gasteiger partial charge on any atom is 0.165 e. The Morgan fingerprint density at radius 3 is 2.52 bits per heavy atom. The number of aliphatic hydroxyl groups is 1. The molecular weight excluding hydrogens is 424 g/mol. The zero-order valence-corrected chi connectivity index (χ0v) is 19.0. The molecule has 3 heteroatoms. The quantitative estimate of drug-likeness (QED) is 0.397. The third kappa shape index (κ3) is 3.03. The highest BCUT2D eigenvalue weighted by Gasteiger charge is 2.59. The minimum Gasteiger partial charge on any atom is -0.393 e. The average Bonchev–Trinajstić information content (AvgIpc) is 2.95. The Morgan fingerprint density at radius 1 is 1.03 bits per heavy atom. The Balaban J connectivity index is 1.47. The standard InChI is InChI=1S/C26H31BrO2/c1-25-11-9-20(28)15-18(25)5-8-21-22(25)10-12-26(2)23(21)14-17(24(26)29)13-16-3-6-19(27)7-4-16/h3-7,13,20-23,28H,8-12,14-15H2,1-2H3. The molecule has 154 valence electrons. The molecule has 29 heavy (non-hydrogen) atoms. The first-order valence-corrected chi connectivity index (χ1v) is 12.0. The van der Waals surface area contributed by atoms with Crippen molar-refractivity contribution in [2.75, 3.05) is 0 Å². The molecule has 3 fully saturated rings. The van der Waals surface area contributed by atoms with Crippen molar-refractivity contribution in [1.29, 1.82) is 0 Å². The van der Waals surface area contributed by atoms with Crippen molar-refractivity contribution in [1.82, 2.24) is 0 Å². The van der Waals surface area contributed by atoms with Gasteiger partial charge in [-0.25, -0.2) is 0 Å². The molecule has 0 radical (unpaired) electrons. The maximum absolute atomic E-state index is 13.5. The normalized spacial score (nSPS) is 42.8. The van der Waals surface area contributed by atoms with Crippen molar-refractivity contribution in [3.05, 3.63) is 51.5 Å². The monoisotopic (exact) mass is 454 g/mol. The fourth-order valence-electron chi connectivity index (χ4n) is 7.20. The molecular formula is C26H31BrO2. The summed E-state index contributed by atoms with van der Waals surface area (Å²) >= 11 is 3.49. The molecule has 0 aliphatic heterocycles. The second-order valence-electron chi connectivity index (χ2n) is 10.4. The van der Waals surface area contributed by atoms with Crippen molar-refractivity contribution in [3.63, 3.8) is 0 Å². The molecule has 2 nitrogen and oxygen atoms in total. The van der Waals surface area contributed by atoms with E-state index in [1.165, 1.54) is 5.57 Å². The van der Waals surface area contributed by atoms with Crippen LogP contribution in [-0.4, -0.2) is 17.0 Å². The number of halogens is 1. The summed E-state index contributed by atoms with van der Waals surface area (Å²) in [5.74, 6) is 2.10. The zero-order chi connectivity index (χ0) is 20.4. The van der Waals surface area contributed by atoms with Crippen LogP contribution in [0, 0.1) is 28.6 Å². The third-order valence-corrected chi connectivity index (χ3v) is 9.46. The smallest absolute Gasteiger partial charge is 0.165 e. The van der Waals surface area contributed by atoms with Crippen LogP contribution in [-0.2, 0) is 4.79 Å². The molecule has 0 aromatic heterocycles. The number of benzene rings is 1. The van der Waals surface area contributed by atoms with E-state index in [2.05, 4.69) is 54.1 Å². The van der Waals surface area contributed by atoms with Gasteiger partial charge in [-0.3, -0.25) is 4.79 Å². The maximum atomic E-state index is 13.5. The number of hydrogen-bond donors (Lipinski definition) is 1. The lowest BCUT2D eigenvalue weighted by molar-refractivity contribution is -0.130. The van der Waals surface area contributed by atoms with Gasteiger partial charge in [-0.15, -0.1) is 0 Å². The van der Waals surface area contributed by atoms with Crippen LogP contribution in [0.2, 0.25) is 0 Å². The fourth-order valence-corrected chi connectivity index (χ4v) is 7.47. The second-order valence-corrected chi connectivity index (χ2v) is 11.3. The Morgan fingerprint density at radius 2 is 1.76 bits per heavy atom. The van der Waals surface area contributed by atoms with E-state index >= 15 is 0 Å². The van der Waals surface area contributed by atoms with E-state index in [1.807, 2.05) is 12.1 Å². The van der Waals surface area contributed by atoms with Crippen LogP contribution in [0.4, 0.5) is 0 Å². The highest BCUT2D eigenvalue weighted by atomic mass is 79.9. The number of Topliss-reactive ketones (excluding diaryl/α,β-unsaturated/α-hetero) is 1. The van der Waals surface area contributed by atoms with Crippen molar-refractivity contribution in [2.45, 2.75) is 64.9 Å². The molecule has 1 aromatic rings. The summed E-state index contributed by atoms with van der Waals surface area (Å²) in [6.45, 7) is 4.68. The molecule has 3 saturated carbocycles. The highest BCUT2D eigenvalue weighted by Crippen LogP contribution is 2.64. The topological polar surface area (TPSA) is 37.3 Å². The Hall–Kier alpha value is -1.19. The SMILES string of the molecule is CC12CCC3C(CC=C4CC(O)CCC43C)C1CC(=Cc1ccc(Br)cc1)C2=O. The van der Waals surface area contributed by atoms with E-state index in [-0.39, 0.29) is 16.9 Å². The predicted octanol–water partition coefficient (Wildman–Crippen LogP) is 6.34. The molecule has 6 unspecified atom stereocenters. The van der Waals surface area contributed by atoms with Crippen LogP contribution in [0.1, 0.15) is 64.4 Å². The molecule has 4 aliphatic carbocycles. The first-order chi connectivity index (χ1) is 13.8. The number of hydrogen-bond acceptors (Lipinski definition) is 2. The van der Waals surface area contributed by atoms with Crippen LogP contribution >= 0.6 is 15.9 Å². The summed E-state index contributed by atoms with van der Waals surface area (Å²) < 4.78 is 1.07. The lowest BCUT2D eigenvalue weighted by Crippen LogP contribution is -2.50. The van der Waals surface area contributed by atoms with Crippen LogP contribution < -0.4 is 0 Å². The molecule has 1 aromatic carbocycles. The fraction of sp³-hybridized carbons (Fsp3) is 0.577. The van der Waals surface area contributed by atoms with E-state index in [0.717, 1.165) is 60.6 Å². The number of carbonyl (C=O) groups excluding carboxylic acids is 1. The minimum atomic E-state index is -0.196. The van der Waals surface area contributed by atoms with Gasteiger partial charge in [0.2, 0.25) is 0 Å². The molecule has 0 bridgehead atoms. The molecule has 4 aliphatic rings. The van der Waals surface area contributed by atoms with E-state index in [1.54, 1.807) is 0 Å². The summed E-state index contributed by atoms with van der Waals surface area (Å²) in [4.78, 5) is 13.5. The van der Waals surface area contributed by atoms with Gasteiger partial charge in [-0.2, -0.15) is 0 Å². The summed E-state index contributed by atoms with van der Waals surface area (Å²) in [6.07, 6.45) is 11.5. The highest BCUT2D eigenvalue weighted by molar-refractivity contribution is 9.10. The van der Waals surface area contributed by atoms with Crippen LogP contribution in [0.5, 0.6) is 0 Å². The number of aliphatic hydroxyl groups excluding tert-OH is 1. The molecule has 1 N–H and O–H groups in total. The van der Waals surface area contributed by atoms with E-state index in [4.69, 9.17) is 0 Å². The van der Waals surface area contributed by atoms with Crippen molar-refractivity contribution in [3.8, 4) is 0 Å². The van der Waals surface area contributed by atoms with E-state index in [0.29, 0.717) is 23.5 Å². The number of fused-ring (bicyclic) bond motifs is 5. The summed E-state index contributed by atoms with van der Waals surface area (Å²) in [5.41, 5.74) is 3.67. The van der Waals surface area contributed by atoms with Gasteiger partial charge in [0.05, 0.1) is 6.10 Å². The number of carbonyl (C=O) groups is 1. The summed E-state index contributed by atoms with van der Waals surface area (Å²) in [6, 6.07) is 8.26. The zero-order valence-electron chi connectivity index (χ0n) is 17.5. The van der Waals surface area contributed by atoms with E-state index < -0.39 is 0 Å². The van der Waals surface area contributed by atoms with Gasteiger partial charge in [0.15, 0.2) is 5.78 Å². The van der Waals surface area contributed by atoms with Gasteiger partial charge in [-0.1, -0.05) is 53.6 Å². The van der Waals surface area contributed by atoms with Crippen molar-refractivity contribution >= 4 is 27.8 Å². The average molecular weight is 455 g/mol. The van der Waals surface area contributed by atoms with Crippen molar-refractivity contribution < 1.29 is 9.90 Å². The van der Waals surface area contributed by atoms with Gasteiger partial charge in [0.1, 0.15) is 0 Å². The van der Waals surface area contributed by atoms with Gasteiger partial charge in [0.25, 0.3) is 0 Å². The predicted molar refractivity (Wildman–Crippen MR) is 120 cm³/mol. The summed E-state index contributed by atoms with van der Waals surface area (Å²) in [7, 11) is 0. The Bertz CT molecular complexity index is 898. The molecule has 0 spiro atoms. The Kier molecular flexibility index (Phi) is 4.71. The van der Waals surface area contributed by atoms with Crippen molar-refractivity contribution in [2.24, 2.45) is 28.6 Å². The van der Waals surface area contributed by atoms with Gasteiger partial charge < -0.3 is 5.11 Å². The minimum absolute atomic E-state index is 0.159. The number of rotatable bonds is 1. The summed E-state index contributed by atoms with van der Waals surface area (Å²) in [5, 5.41) is 10.2. The Labute approximate surface area is 182 Å². The lowest BCUT2D eigenvalue weighted by atomic mass is 9.48. The molecule has 0 saturated heterocycles. The largest absolute Gasteiger partial charge is 0.393 e. The molecule has 5 rings (SSSR count). The van der Waals surface area contributed by atoms with Gasteiger partial charge in [-0.05, 0) is 97.5 Å². The van der Waals surface area contributed by atoms with Crippen LogP contribution in [0.15, 0.2) is 46.0 Å². The van der Waals surface area contributed by atoms with Gasteiger partial charge >= 0.3 is 0 Å². The number of ketones is 1. The van der Waals surface area contributed by atoms with Crippen LogP contribution in [0.25, 0.3) is 6.08 Å². The first kappa shape index (κ1) is 19.8. The van der Waals surface area contributed by atoms with Gasteiger partial charge in [0, 0.05) is 9.89 Å². The molecule has 0 heterocycles. The lowest BCUT2D eigenvalue weighted by Gasteiger charge is -2.56. The second kappa shape index (κ2) is 6.92. The van der Waals surface area contributed by atoms with E-state index in [9.17, 15) is 9.90 Å². The van der Waals surface area contributed by atoms with Crippen LogP contribution in [0.3, 0.4) is 0 Å². The molecule has 6 atom stereocenters. The first-order valence-electron chi connectivity index (χ1n) is 11.2.